The molecular weight excluding hydrogens is 162 g/mol. The number of nitrogens with one attached hydrogen (secondary N) is 1. The van der Waals surface area contributed by atoms with Crippen LogP contribution in [0.1, 0.15) is 40.0 Å². The Kier molecular flexibility index (Phi) is 3.74. The second-order valence-electron chi connectivity index (χ2n) is 4.89. The summed E-state index contributed by atoms with van der Waals surface area (Å²) in [7, 11) is 1.77. The lowest BCUT2D eigenvalue weighted by atomic mass is 9.87. The highest BCUT2D eigenvalue weighted by Gasteiger charge is 2.33. The van der Waals surface area contributed by atoms with E-state index >= 15 is 0 Å². The van der Waals surface area contributed by atoms with Crippen molar-refractivity contribution in [3.05, 3.63) is 0 Å². The third-order valence-electron chi connectivity index (χ3n) is 3.31. The molecule has 78 valence electrons. The van der Waals surface area contributed by atoms with Gasteiger partial charge in [0.15, 0.2) is 0 Å². The van der Waals surface area contributed by atoms with Crippen LogP contribution < -0.4 is 5.32 Å². The van der Waals surface area contributed by atoms with Gasteiger partial charge in [-0.3, -0.25) is 0 Å². The molecular formula is C11H23NO. The molecule has 0 heterocycles. The summed E-state index contributed by atoms with van der Waals surface area (Å²) in [4.78, 5) is 0. The summed E-state index contributed by atoms with van der Waals surface area (Å²) in [5.41, 5.74) is 0.480. The molecule has 2 heteroatoms. The van der Waals surface area contributed by atoms with Gasteiger partial charge in [-0.15, -0.1) is 0 Å². The van der Waals surface area contributed by atoms with Crippen molar-refractivity contribution < 1.29 is 4.74 Å². The molecule has 0 spiro atoms. The third kappa shape index (κ3) is 2.96. The summed E-state index contributed by atoms with van der Waals surface area (Å²) >= 11 is 0. The Balaban J connectivity index is 2.28. The minimum atomic E-state index is 0.330. The van der Waals surface area contributed by atoms with Crippen LogP contribution >= 0.6 is 0 Å². The molecule has 0 amide bonds. The van der Waals surface area contributed by atoms with Crippen molar-refractivity contribution in [2.24, 2.45) is 5.41 Å². The van der Waals surface area contributed by atoms with Crippen LogP contribution in [-0.4, -0.2) is 25.8 Å². The molecule has 0 aromatic rings. The van der Waals surface area contributed by atoms with Gasteiger partial charge in [-0.05, 0) is 25.2 Å². The first-order chi connectivity index (χ1) is 6.06. The lowest BCUT2D eigenvalue weighted by molar-refractivity contribution is 0.109. The molecule has 1 aliphatic rings. The normalized spacial score (nSPS) is 29.1. The summed E-state index contributed by atoms with van der Waals surface area (Å²) in [6.45, 7) is 7.80. The second-order valence-corrected chi connectivity index (χ2v) is 4.89. The lowest BCUT2D eigenvalue weighted by Crippen LogP contribution is -2.41. The molecule has 2 atom stereocenters. The molecule has 1 rings (SSSR count). The molecule has 0 aromatic carbocycles. The summed E-state index contributed by atoms with van der Waals surface area (Å²) in [6.07, 6.45) is 4.37. The number of hydrogen-bond donors (Lipinski definition) is 1. The predicted molar refractivity (Wildman–Crippen MR) is 55.9 cm³/mol. The fourth-order valence-electron chi connectivity index (χ4n) is 2.10. The maximum Gasteiger partial charge on any atom is 0.0667 e. The van der Waals surface area contributed by atoms with Crippen molar-refractivity contribution >= 4 is 0 Å². The van der Waals surface area contributed by atoms with Crippen LogP contribution in [0, 0.1) is 5.41 Å². The molecule has 0 bridgehead atoms. The Labute approximate surface area is 82.0 Å². The molecule has 0 saturated heterocycles. The van der Waals surface area contributed by atoms with Gasteiger partial charge < -0.3 is 10.1 Å². The minimum absolute atomic E-state index is 0.330. The summed E-state index contributed by atoms with van der Waals surface area (Å²) < 4.78 is 5.22. The van der Waals surface area contributed by atoms with E-state index in [-0.39, 0.29) is 0 Å². The van der Waals surface area contributed by atoms with Gasteiger partial charge in [-0.1, -0.05) is 20.3 Å². The van der Waals surface area contributed by atoms with Crippen LogP contribution in [0.4, 0.5) is 0 Å². The molecule has 0 radical (unpaired) electrons. The molecule has 0 aromatic heterocycles. The highest BCUT2D eigenvalue weighted by molar-refractivity contribution is 4.90. The first-order valence-electron chi connectivity index (χ1n) is 5.32. The van der Waals surface area contributed by atoms with Gasteiger partial charge in [0.25, 0.3) is 0 Å². The van der Waals surface area contributed by atoms with Gasteiger partial charge in [-0.2, -0.15) is 0 Å². The Hall–Kier alpha value is -0.0800. The van der Waals surface area contributed by atoms with Crippen LogP contribution in [0.25, 0.3) is 0 Å². The van der Waals surface area contributed by atoms with Crippen molar-refractivity contribution in [1.29, 1.82) is 0 Å². The van der Waals surface area contributed by atoms with E-state index in [0.717, 1.165) is 6.54 Å². The molecule has 2 nitrogen and oxygen atoms in total. The SMILES string of the molecule is COC(C)CNC1CCCC1(C)C. The van der Waals surface area contributed by atoms with Crippen molar-refractivity contribution in [2.75, 3.05) is 13.7 Å². The van der Waals surface area contributed by atoms with Gasteiger partial charge in [0.1, 0.15) is 0 Å². The molecule has 2 unspecified atom stereocenters. The van der Waals surface area contributed by atoms with E-state index in [9.17, 15) is 0 Å². The second kappa shape index (κ2) is 4.43. The van der Waals surface area contributed by atoms with Crippen molar-refractivity contribution in [1.82, 2.24) is 5.32 Å². The van der Waals surface area contributed by atoms with Gasteiger partial charge in [0, 0.05) is 19.7 Å². The largest absolute Gasteiger partial charge is 0.380 e. The maximum atomic E-state index is 5.22. The predicted octanol–water partition coefficient (Wildman–Crippen LogP) is 2.19. The molecule has 1 N–H and O–H groups in total. The number of hydrogen-bond acceptors (Lipinski definition) is 2. The van der Waals surface area contributed by atoms with Crippen LogP contribution in [0.15, 0.2) is 0 Å². The van der Waals surface area contributed by atoms with Crippen LogP contribution in [0.5, 0.6) is 0 Å². The Morgan fingerprint density at radius 2 is 2.23 bits per heavy atom. The zero-order valence-corrected chi connectivity index (χ0v) is 9.39. The average Bonchev–Trinajstić information content (AvgIpc) is 2.41. The standard InChI is InChI=1S/C11H23NO/c1-9(13-4)8-12-10-6-5-7-11(10,2)3/h9-10,12H,5-8H2,1-4H3. The van der Waals surface area contributed by atoms with Crippen molar-refractivity contribution in [3.63, 3.8) is 0 Å². The van der Waals surface area contributed by atoms with E-state index in [1.54, 1.807) is 7.11 Å². The smallest absolute Gasteiger partial charge is 0.0667 e. The topological polar surface area (TPSA) is 21.3 Å². The van der Waals surface area contributed by atoms with Crippen LogP contribution in [0.2, 0.25) is 0 Å². The van der Waals surface area contributed by atoms with Gasteiger partial charge in [0.2, 0.25) is 0 Å². The van der Waals surface area contributed by atoms with E-state index in [1.165, 1.54) is 19.3 Å². The molecule has 1 saturated carbocycles. The number of rotatable bonds is 4. The molecule has 1 aliphatic carbocycles. The summed E-state index contributed by atoms with van der Waals surface area (Å²) in [5, 5.41) is 3.60. The molecule has 0 aliphatic heterocycles. The highest BCUT2D eigenvalue weighted by Crippen LogP contribution is 2.36. The van der Waals surface area contributed by atoms with E-state index in [4.69, 9.17) is 4.74 Å². The number of ether oxygens (including phenoxy) is 1. The summed E-state index contributed by atoms with van der Waals surface area (Å²) in [6, 6.07) is 0.685. The Bertz CT molecular complexity index is 156. The maximum absolute atomic E-state index is 5.22. The monoisotopic (exact) mass is 185 g/mol. The van der Waals surface area contributed by atoms with E-state index < -0.39 is 0 Å². The van der Waals surface area contributed by atoms with E-state index in [1.807, 2.05) is 0 Å². The fourth-order valence-corrected chi connectivity index (χ4v) is 2.10. The number of methoxy groups -OCH3 is 1. The van der Waals surface area contributed by atoms with E-state index in [2.05, 4.69) is 26.1 Å². The zero-order valence-electron chi connectivity index (χ0n) is 9.39. The zero-order chi connectivity index (χ0) is 9.90. The van der Waals surface area contributed by atoms with Gasteiger partial charge >= 0.3 is 0 Å². The first-order valence-corrected chi connectivity index (χ1v) is 5.32. The van der Waals surface area contributed by atoms with Gasteiger partial charge in [-0.25, -0.2) is 0 Å². The Morgan fingerprint density at radius 1 is 1.54 bits per heavy atom. The van der Waals surface area contributed by atoms with E-state index in [0.29, 0.717) is 17.6 Å². The fraction of sp³-hybridized carbons (Fsp3) is 1.00. The molecule has 1 fully saturated rings. The third-order valence-corrected chi connectivity index (χ3v) is 3.31. The van der Waals surface area contributed by atoms with Gasteiger partial charge in [0.05, 0.1) is 6.10 Å². The Morgan fingerprint density at radius 3 is 2.69 bits per heavy atom. The first kappa shape index (κ1) is 11.0. The van der Waals surface area contributed by atoms with Crippen LogP contribution in [-0.2, 0) is 4.74 Å². The van der Waals surface area contributed by atoms with Crippen molar-refractivity contribution in [2.45, 2.75) is 52.2 Å². The lowest BCUT2D eigenvalue weighted by Gasteiger charge is -2.28. The summed E-state index contributed by atoms with van der Waals surface area (Å²) in [5.74, 6) is 0. The highest BCUT2D eigenvalue weighted by atomic mass is 16.5. The minimum Gasteiger partial charge on any atom is -0.380 e. The quantitative estimate of drug-likeness (QED) is 0.725. The average molecular weight is 185 g/mol. The van der Waals surface area contributed by atoms with Crippen LogP contribution in [0.3, 0.4) is 0 Å². The molecule has 13 heavy (non-hydrogen) atoms. The van der Waals surface area contributed by atoms with Crippen molar-refractivity contribution in [3.8, 4) is 0 Å².